The van der Waals surface area contributed by atoms with E-state index < -0.39 is 0 Å². The molecule has 0 aliphatic carbocycles. The van der Waals surface area contributed by atoms with Crippen molar-refractivity contribution in [2.45, 2.75) is 376 Å². The van der Waals surface area contributed by atoms with Crippen molar-refractivity contribution in [3.8, 4) is 0 Å². The molecule has 75 heavy (non-hydrogen) atoms. The van der Waals surface area contributed by atoms with Gasteiger partial charge in [-0.25, -0.2) is 0 Å². The van der Waals surface area contributed by atoms with Crippen LogP contribution in [0.25, 0.3) is 0 Å². The molecular formula is C68H134O7. The summed E-state index contributed by atoms with van der Waals surface area (Å²) in [6, 6.07) is 0. The Morgan fingerprint density at radius 3 is 0.733 bits per heavy atom. The smallest absolute Gasteiger partial charge is 0.162 e. The Hall–Kier alpha value is -1.44. The van der Waals surface area contributed by atoms with Crippen LogP contribution in [0.5, 0.6) is 0 Å². The van der Waals surface area contributed by atoms with E-state index in [1.54, 1.807) is 0 Å². The standard InChI is InChI=1S/C68H134O7/c1-9-17-25-31-33-35-37-39-41-47-55-63(70-57-49-43-27-19-11-3)67(72-59-51-45-29-21-13-5)65(53-23-15-7)74-61-69-62-75-66(54-24-16-8)68(73-60-52-46-30-22-14-6)64(71-58-50-44-28-20-12-4)56-48-42-40-38-36-34-32-26-18-10-2/h65-66H,9-62H2,1-8H3. The van der Waals surface area contributed by atoms with Crippen molar-refractivity contribution in [1.82, 2.24) is 0 Å². The predicted molar refractivity (Wildman–Crippen MR) is 325 cm³/mol. The van der Waals surface area contributed by atoms with Gasteiger partial charge in [-0.15, -0.1) is 0 Å². The summed E-state index contributed by atoms with van der Waals surface area (Å²) < 4.78 is 47.4. The highest BCUT2D eigenvalue weighted by atomic mass is 16.7. The van der Waals surface area contributed by atoms with Gasteiger partial charge in [0.05, 0.1) is 26.4 Å². The molecule has 0 rings (SSSR count). The van der Waals surface area contributed by atoms with Gasteiger partial charge < -0.3 is 33.2 Å². The summed E-state index contributed by atoms with van der Waals surface area (Å²) in [6.07, 6.45) is 58.1. The molecule has 2 atom stereocenters. The van der Waals surface area contributed by atoms with Crippen LogP contribution in [0.3, 0.4) is 0 Å². The molecule has 0 aliphatic rings. The first-order valence-electron chi connectivity index (χ1n) is 33.9. The maximum Gasteiger partial charge on any atom is 0.162 e. The molecule has 0 saturated heterocycles. The Morgan fingerprint density at radius 2 is 0.467 bits per heavy atom. The van der Waals surface area contributed by atoms with Gasteiger partial charge in [0.1, 0.15) is 23.7 Å². The van der Waals surface area contributed by atoms with Gasteiger partial charge in [0.2, 0.25) is 0 Å². The quantitative estimate of drug-likeness (QED) is 0.0342. The zero-order valence-corrected chi connectivity index (χ0v) is 52.2. The van der Waals surface area contributed by atoms with Crippen molar-refractivity contribution in [3.05, 3.63) is 23.0 Å². The Bertz CT molecular complexity index is 1080. The fraction of sp³-hybridized carbons (Fsp3) is 0.941. The summed E-state index contributed by atoms with van der Waals surface area (Å²) in [5.41, 5.74) is 0. The highest BCUT2D eigenvalue weighted by molar-refractivity contribution is 5.09. The molecule has 448 valence electrons. The van der Waals surface area contributed by atoms with E-state index in [1.165, 1.54) is 218 Å². The summed E-state index contributed by atoms with van der Waals surface area (Å²) in [6.45, 7) is 21.4. The fourth-order valence-electron chi connectivity index (χ4n) is 10.0. The lowest BCUT2D eigenvalue weighted by Crippen LogP contribution is -2.25. The summed E-state index contributed by atoms with van der Waals surface area (Å²) in [5, 5.41) is 0. The van der Waals surface area contributed by atoms with Crippen LogP contribution >= 0.6 is 0 Å². The van der Waals surface area contributed by atoms with Crippen LogP contribution in [0.1, 0.15) is 364 Å². The molecule has 0 aromatic rings. The van der Waals surface area contributed by atoms with E-state index in [1.807, 2.05) is 0 Å². The number of allylic oxidation sites excluding steroid dienone is 2. The van der Waals surface area contributed by atoms with Crippen LogP contribution in [0, 0.1) is 0 Å². The van der Waals surface area contributed by atoms with Gasteiger partial charge >= 0.3 is 0 Å². The van der Waals surface area contributed by atoms with E-state index in [-0.39, 0.29) is 25.8 Å². The molecular weight excluding hydrogens is 929 g/mol. The first-order valence-corrected chi connectivity index (χ1v) is 33.9. The molecule has 0 aromatic carbocycles. The molecule has 0 bridgehead atoms. The lowest BCUT2D eigenvalue weighted by atomic mass is 10.0. The SMILES string of the molecule is CCCCCCCCCCCCC(OCCCCCCC)=C(OCCCCCCC)C(CCCC)OCOCOC(CCCC)C(OCCCCCCC)=C(CCCCCCCCCCCC)OCCCCCCC. The average molecular weight is 1060 g/mol. The fourth-order valence-corrected chi connectivity index (χ4v) is 10.0. The molecule has 2 unspecified atom stereocenters. The highest BCUT2D eigenvalue weighted by Gasteiger charge is 2.25. The topological polar surface area (TPSA) is 64.6 Å². The van der Waals surface area contributed by atoms with Crippen LogP contribution in [0.2, 0.25) is 0 Å². The molecule has 0 fully saturated rings. The van der Waals surface area contributed by atoms with E-state index in [9.17, 15) is 0 Å². The van der Waals surface area contributed by atoms with E-state index in [0.717, 1.165) is 126 Å². The van der Waals surface area contributed by atoms with Gasteiger partial charge in [0.15, 0.2) is 25.1 Å². The molecule has 0 aromatic heterocycles. The van der Waals surface area contributed by atoms with E-state index in [0.29, 0.717) is 13.2 Å². The van der Waals surface area contributed by atoms with E-state index >= 15 is 0 Å². The van der Waals surface area contributed by atoms with Crippen LogP contribution in [-0.4, -0.2) is 52.2 Å². The average Bonchev–Trinajstić information content (AvgIpc) is 3.42. The number of ether oxygens (including phenoxy) is 7. The van der Waals surface area contributed by atoms with Crippen molar-refractivity contribution in [3.63, 3.8) is 0 Å². The molecule has 7 heteroatoms. The highest BCUT2D eigenvalue weighted by Crippen LogP contribution is 2.28. The van der Waals surface area contributed by atoms with Gasteiger partial charge in [-0.3, -0.25) is 0 Å². The first-order chi connectivity index (χ1) is 37.1. The van der Waals surface area contributed by atoms with Crippen molar-refractivity contribution in [1.29, 1.82) is 0 Å². The van der Waals surface area contributed by atoms with Crippen molar-refractivity contribution >= 4 is 0 Å². The Labute approximate surface area is 470 Å². The van der Waals surface area contributed by atoms with Gasteiger partial charge in [0, 0.05) is 12.8 Å². The second-order valence-corrected chi connectivity index (χ2v) is 22.5. The minimum Gasteiger partial charge on any atom is -0.494 e. The number of rotatable bonds is 64. The van der Waals surface area contributed by atoms with E-state index in [2.05, 4.69) is 55.4 Å². The first kappa shape index (κ1) is 73.6. The Kier molecular flexibility index (Phi) is 60.6. The largest absolute Gasteiger partial charge is 0.494 e. The molecule has 0 saturated carbocycles. The summed E-state index contributed by atoms with van der Waals surface area (Å²) in [7, 11) is 0. The Balaban J connectivity index is 6.52. The summed E-state index contributed by atoms with van der Waals surface area (Å²) in [4.78, 5) is 0. The Morgan fingerprint density at radius 1 is 0.240 bits per heavy atom. The van der Waals surface area contributed by atoms with Crippen LogP contribution < -0.4 is 0 Å². The van der Waals surface area contributed by atoms with E-state index in [4.69, 9.17) is 33.2 Å². The van der Waals surface area contributed by atoms with Gasteiger partial charge in [-0.1, -0.05) is 299 Å². The lowest BCUT2D eigenvalue weighted by molar-refractivity contribution is -0.167. The van der Waals surface area contributed by atoms with Crippen LogP contribution in [0.15, 0.2) is 23.0 Å². The number of hydrogen-bond acceptors (Lipinski definition) is 7. The monoisotopic (exact) mass is 1060 g/mol. The van der Waals surface area contributed by atoms with Crippen molar-refractivity contribution in [2.24, 2.45) is 0 Å². The molecule has 0 aliphatic heterocycles. The second kappa shape index (κ2) is 61.8. The van der Waals surface area contributed by atoms with Crippen molar-refractivity contribution in [2.75, 3.05) is 40.0 Å². The minimum atomic E-state index is -0.223. The maximum absolute atomic E-state index is 6.89. The zero-order chi connectivity index (χ0) is 54.6. The minimum absolute atomic E-state index is 0.137. The lowest BCUT2D eigenvalue weighted by Gasteiger charge is -2.26. The maximum atomic E-state index is 6.89. The molecule has 0 spiro atoms. The predicted octanol–water partition coefficient (Wildman–Crippen LogP) is 23.1. The normalized spacial score (nSPS) is 13.2. The van der Waals surface area contributed by atoms with Gasteiger partial charge in [-0.05, 0) is 51.4 Å². The van der Waals surface area contributed by atoms with Crippen molar-refractivity contribution < 1.29 is 33.2 Å². The molecule has 0 radical (unpaired) electrons. The zero-order valence-electron chi connectivity index (χ0n) is 52.2. The summed E-state index contributed by atoms with van der Waals surface area (Å²) in [5.74, 6) is 3.90. The number of hydrogen-bond donors (Lipinski definition) is 0. The third kappa shape index (κ3) is 48.2. The molecule has 0 heterocycles. The van der Waals surface area contributed by atoms with Gasteiger partial charge in [0.25, 0.3) is 0 Å². The third-order valence-corrected chi connectivity index (χ3v) is 15.1. The third-order valence-electron chi connectivity index (χ3n) is 15.1. The molecule has 0 amide bonds. The van der Waals surface area contributed by atoms with Gasteiger partial charge in [-0.2, -0.15) is 0 Å². The second-order valence-electron chi connectivity index (χ2n) is 22.5. The van der Waals surface area contributed by atoms with Crippen LogP contribution in [0.4, 0.5) is 0 Å². The summed E-state index contributed by atoms with van der Waals surface area (Å²) >= 11 is 0. The number of unbranched alkanes of at least 4 members (excludes halogenated alkanes) is 36. The molecule has 0 N–H and O–H groups in total. The molecule has 7 nitrogen and oxygen atoms in total. The van der Waals surface area contributed by atoms with Crippen LogP contribution in [-0.2, 0) is 33.2 Å².